The number of piperidine rings is 1. The van der Waals surface area contributed by atoms with Gasteiger partial charge >= 0.3 is 0 Å². The van der Waals surface area contributed by atoms with Gasteiger partial charge in [-0.2, -0.15) is 0 Å². The van der Waals surface area contributed by atoms with Crippen molar-refractivity contribution in [3.8, 4) is 11.1 Å². The average molecular weight is 367 g/mol. The SMILES string of the molecule is CO[C@@H]1CCC[C@]12CCCN(C(=O)c1ccccc1-c1ccccc1F)C2. The summed E-state index contributed by atoms with van der Waals surface area (Å²) in [7, 11) is 1.78. The summed E-state index contributed by atoms with van der Waals surface area (Å²) in [4.78, 5) is 15.4. The molecular formula is C23H26FNO2. The predicted molar refractivity (Wildman–Crippen MR) is 104 cm³/mol. The first kappa shape index (κ1) is 18.2. The molecule has 1 aliphatic heterocycles. The summed E-state index contributed by atoms with van der Waals surface area (Å²) < 4.78 is 20.1. The van der Waals surface area contributed by atoms with Gasteiger partial charge in [-0.05, 0) is 43.4 Å². The lowest BCUT2D eigenvalue weighted by Gasteiger charge is -2.43. The molecule has 0 aromatic heterocycles. The molecule has 0 unspecified atom stereocenters. The molecule has 1 spiro atoms. The molecule has 0 bridgehead atoms. The smallest absolute Gasteiger partial charge is 0.254 e. The average Bonchev–Trinajstić information content (AvgIpc) is 3.09. The van der Waals surface area contributed by atoms with Crippen molar-refractivity contribution in [3.63, 3.8) is 0 Å². The van der Waals surface area contributed by atoms with Gasteiger partial charge in [0.05, 0.1) is 6.10 Å². The Kier molecular flexibility index (Phi) is 5.00. The van der Waals surface area contributed by atoms with Crippen LogP contribution in [-0.4, -0.2) is 37.1 Å². The zero-order valence-corrected chi connectivity index (χ0v) is 15.8. The van der Waals surface area contributed by atoms with E-state index in [-0.39, 0.29) is 23.2 Å². The van der Waals surface area contributed by atoms with Crippen LogP contribution in [0.5, 0.6) is 0 Å². The van der Waals surface area contributed by atoms with Crippen molar-refractivity contribution >= 4 is 5.91 Å². The molecule has 27 heavy (non-hydrogen) atoms. The van der Waals surface area contributed by atoms with Gasteiger partial charge in [0.1, 0.15) is 5.82 Å². The van der Waals surface area contributed by atoms with Crippen LogP contribution in [0.15, 0.2) is 48.5 Å². The van der Waals surface area contributed by atoms with E-state index in [4.69, 9.17) is 4.74 Å². The van der Waals surface area contributed by atoms with Crippen molar-refractivity contribution in [2.75, 3.05) is 20.2 Å². The van der Waals surface area contributed by atoms with Crippen molar-refractivity contribution in [2.45, 2.75) is 38.2 Å². The van der Waals surface area contributed by atoms with E-state index in [1.165, 1.54) is 6.07 Å². The van der Waals surface area contributed by atoms with Crippen LogP contribution in [0.1, 0.15) is 42.5 Å². The minimum absolute atomic E-state index is 0.00492. The number of carbonyl (C=O) groups is 1. The van der Waals surface area contributed by atoms with E-state index in [0.717, 1.165) is 45.2 Å². The summed E-state index contributed by atoms with van der Waals surface area (Å²) >= 11 is 0. The first-order valence-corrected chi connectivity index (χ1v) is 9.81. The minimum Gasteiger partial charge on any atom is -0.381 e. The Bertz CT molecular complexity index is 837. The van der Waals surface area contributed by atoms with Gasteiger partial charge in [-0.1, -0.05) is 42.8 Å². The topological polar surface area (TPSA) is 29.5 Å². The second-order valence-electron chi connectivity index (χ2n) is 7.83. The Morgan fingerprint density at radius 2 is 1.78 bits per heavy atom. The van der Waals surface area contributed by atoms with Crippen molar-refractivity contribution in [1.29, 1.82) is 0 Å². The van der Waals surface area contributed by atoms with E-state index in [2.05, 4.69) is 0 Å². The second-order valence-corrected chi connectivity index (χ2v) is 7.83. The number of methoxy groups -OCH3 is 1. The Morgan fingerprint density at radius 3 is 2.56 bits per heavy atom. The molecule has 1 amide bonds. The van der Waals surface area contributed by atoms with Crippen LogP contribution in [0.3, 0.4) is 0 Å². The van der Waals surface area contributed by atoms with Gasteiger partial charge in [0, 0.05) is 36.7 Å². The molecule has 2 fully saturated rings. The molecule has 0 N–H and O–H groups in total. The lowest BCUT2D eigenvalue weighted by molar-refractivity contribution is -0.0295. The van der Waals surface area contributed by atoms with Crippen LogP contribution in [0.4, 0.5) is 4.39 Å². The van der Waals surface area contributed by atoms with Crippen LogP contribution in [-0.2, 0) is 4.74 Å². The number of benzene rings is 2. The summed E-state index contributed by atoms with van der Waals surface area (Å²) in [5.41, 5.74) is 1.79. The Morgan fingerprint density at radius 1 is 1.07 bits per heavy atom. The highest BCUT2D eigenvalue weighted by Crippen LogP contribution is 2.46. The lowest BCUT2D eigenvalue weighted by Crippen LogP contribution is -2.49. The molecule has 2 aliphatic rings. The van der Waals surface area contributed by atoms with Gasteiger partial charge in [-0.15, -0.1) is 0 Å². The van der Waals surface area contributed by atoms with E-state index in [9.17, 15) is 9.18 Å². The molecule has 2 aromatic rings. The third-order valence-electron chi connectivity index (χ3n) is 6.33. The van der Waals surface area contributed by atoms with E-state index in [0.29, 0.717) is 16.7 Å². The van der Waals surface area contributed by atoms with Gasteiger partial charge in [0.2, 0.25) is 0 Å². The summed E-state index contributed by atoms with van der Waals surface area (Å²) in [5, 5.41) is 0. The third-order valence-corrected chi connectivity index (χ3v) is 6.33. The van der Waals surface area contributed by atoms with E-state index < -0.39 is 0 Å². The largest absolute Gasteiger partial charge is 0.381 e. The van der Waals surface area contributed by atoms with Crippen molar-refractivity contribution in [1.82, 2.24) is 4.90 Å². The number of hydrogen-bond donors (Lipinski definition) is 0. The minimum atomic E-state index is -0.303. The van der Waals surface area contributed by atoms with Crippen molar-refractivity contribution in [2.24, 2.45) is 5.41 Å². The number of rotatable bonds is 3. The van der Waals surface area contributed by atoms with Gasteiger partial charge in [0.15, 0.2) is 0 Å². The summed E-state index contributed by atoms with van der Waals surface area (Å²) in [6.07, 6.45) is 5.69. The molecule has 2 atom stereocenters. The predicted octanol–water partition coefficient (Wildman–Crippen LogP) is 4.91. The Balaban J connectivity index is 1.65. The maximum Gasteiger partial charge on any atom is 0.254 e. The fourth-order valence-electron chi connectivity index (χ4n) is 5.03. The zero-order valence-electron chi connectivity index (χ0n) is 15.8. The maximum atomic E-state index is 14.4. The fraction of sp³-hybridized carbons (Fsp3) is 0.435. The molecule has 4 heteroatoms. The molecule has 2 aromatic carbocycles. The first-order valence-electron chi connectivity index (χ1n) is 9.81. The Hall–Kier alpha value is -2.20. The van der Waals surface area contributed by atoms with Crippen molar-refractivity contribution in [3.05, 3.63) is 59.9 Å². The van der Waals surface area contributed by atoms with Crippen LogP contribution < -0.4 is 0 Å². The number of amides is 1. The van der Waals surface area contributed by atoms with Gasteiger partial charge < -0.3 is 9.64 Å². The van der Waals surface area contributed by atoms with Crippen LogP contribution >= 0.6 is 0 Å². The second kappa shape index (κ2) is 7.43. The highest BCUT2D eigenvalue weighted by Gasteiger charge is 2.46. The highest BCUT2D eigenvalue weighted by atomic mass is 19.1. The van der Waals surface area contributed by atoms with Gasteiger partial charge in [-0.25, -0.2) is 4.39 Å². The van der Waals surface area contributed by atoms with Gasteiger partial charge in [0.25, 0.3) is 5.91 Å². The maximum absolute atomic E-state index is 14.4. The fourth-order valence-corrected chi connectivity index (χ4v) is 5.03. The molecule has 1 aliphatic carbocycles. The molecule has 4 rings (SSSR count). The number of hydrogen-bond acceptors (Lipinski definition) is 2. The van der Waals surface area contributed by atoms with Crippen LogP contribution in [0, 0.1) is 11.2 Å². The molecule has 1 saturated heterocycles. The van der Waals surface area contributed by atoms with Crippen molar-refractivity contribution < 1.29 is 13.9 Å². The molecule has 3 nitrogen and oxygen atoms in total. The van der Waals surface area contributed by atoms with Crippen LogP contribution in [0.25, 0.3) is 11.1 Å². The van der Waals surface area contributed by atoms with Crippen LogP contribution in [0.2, 0.25) is 0 Å². The normalized spacial score (nSPS) is 25.1. The van der Waals surface area contributed by atoms with E-state index >= 15 is 0 Å². The number of nitrogens with zero attached hydrogens (tertiary/aromatic N) is 1. The van der Waals surface area contributed by atoms with E-state index in [1.54, 1.807) is 25.3 Å². The number of halogens is 1. The molecular weight excluding hydrogens is 341 g/mol. The van der Waals surface area contributed by atoms with Gasteiger partial charge in [-0.3, -0.25) is 4.79 Å². The Labute approximate surface area is 160 Å². The lowest BCUT2D eigenvalue weighted by atomic mass is 9.76. The number of ether oxygens (including phenoxy) is 1. The quantitative estimate of drug-likeness (QED) is 0.771. The standard InChI is InChI=1S/C23H26FNO2/c1-27-21-12-6-13-23(21)14-7-15-25(16-23)22(26)19-10-3-2-8-17(19)18-9-4-5-11-20(18)24/h2-5,8-11,21H,6-7,12-16H2,1H3/t21-,23-/m1/s1. The van der Waals surface area contributed by atoms with E-state index in [1.807, 2.05) is 29.2 Å². The number of carbonyl (C=O) groups excluding carboxylic acids is 1. The highest BCUT2D eigenvalue weighted by molar-refractivity contribution is 6.01. The number of likely N-dealkylation sites (tertiary alicyclic amines) is 1. The summed E-state index contributed by atoms with van der Waals surface area (Å²) in [6.45, 7) is 1.48. The third kappa shape index (κ3) is 3.27. The molecule has 1 heterocycles. The first-order chi connectivity index (χ1) is 13.1. The molecule has 1 saturated carbocycles. The summed E-state index contributed by atoms with van der Waals surface area (Å²) in [6, 6.07) is 14.0. The molecule has 142 valence electrons. The summed E-state index contributed by atoms with van der Waals surface area (Å²) in [5.74, 6) is -0.308. The molecule has 0 radical (unpaired) electrons. The zero-order chi connectivity index (χ0) is 18.9. The monoisotopic (exact) mass is 367 g/mol.